The van der Waals surface area contributed by atoms with Crippen LogP contribution in [0.3, 0.4) is 0 Å². The van der Waals surface area contributed by atoms with Gasteiger partial charge in [-0.15, -0.1) is 0 Å². The van der Waals surface area contributed by atoms with Gasteiger partial charge in [0.25, 0.3) is 0 Å². The van der Waals surface area contributed by atoms with Gasteiger partial charge in [0, 0.05) is 12.1 Å². The van der Waals surface area contributed by atoms with E-state index in [0.717, 1.165) is 0 Å². The molecule has 0 aliphatic heterocycles. The van der Waals surface area contributed by atoms with E-state index in [1.54, 1.807) is 24.4 Å². The fourth-order valence-corrected chi connectivity index (χ4v) is 1.35. The molecule has 0 aromatic carbocycles. The van der Waals surface area contributed by atoms with Crippen LogP contribution in [0.5, 0.6) is 5.88 Å². The van der Waals surface area contributed by atoms with Crippen LogP contribution in [0.4, 0.5) is 11.6 Å². The number of pyridine rings is 1. The first-order valence-corrected chi connectivity index (χ1v) is 5.38. The minimum Gasteiger partial charge on any atom is -0.478 e. The first kappa shape index (κ1) is 12.0. The quantitative estimate of drug-likeness (QED) is 0.845. The maximum Gasteiger partial charge on any atom is 0.371 e. The van der Waals surface area contributed by atoms with Gasteiger partial charge in [-0.3, -0.25) is 0 Å². The normalized spacial score (nSPS) is 10.1. The molecule has 2 heterocycles. The number of aromatic nitrogens is 1. The molecule has 2 N–H and O–H groups in total. The van der Waals surface area contributed by atoms with Gasteiger partial charge in [0.15, 0.2) is 5.88 Å². The molecule has 2 rings (SSSR count). The summed E-state index contributed by atoms with van der Waals surface area (Å²) in [4.78, 5) is 14.7. The minimum atomic E-state index is -1.10. The SMILES string of the molecule is CCOc1ccc(Nc2ccc(C(=O)O)o2)cn1. The maximum atomic E-state index is 10.6. The molecule has 94 valence electrons. The van der Waals surface area contributed by atoms with Gasteiger partial charge in [0.2, 0.25) is 11.6 Å². The van der Waals surface area contributed by atoms with E-state index in [2.05, 4.69) is 10.3 Å². The van der Waals surface area contributed by atoms with E-state index >= 15 is 0 Å². The largest absolute Gasteiger partial charge is 0.478 e. The van der Waals surface area contributed by atoms with E-state index in [1.807, 2.05) is 6.92 Å². The van der Waals surface area contributed by atoms with Gasteiger partial charge in [-0.1, -0.05) is 0 Å². The van der Waals surface area contributed by atoms with Gasteiger partial charge < -0.3 is 19.6 Å². The van der Waals surface area contributed by atoms with Crippen LogP contribution in [0.15, 0.2) is 34.9 Å². The Kier molecular flexibility index (Phi) is 3.47. The van der Waals surface area contributed by atoms with Crippen LogP contribution >= 0.6 is 0 Å². The monoisotopic (exact) mass is 248 g/mol. The number of anilines is 2. The third-order valence-electron chi connectivity index (χ3n) is 2.11. The number of ether oxygens (including phenoxy) is 1. The zero-order valence-electron chi connectivity index (χ0n) is 9.71. The van der Waals surface area contributed by atoms with Crippen molar-refractivity contribution in [1.82, 2.24) is 4.98 Å². The van der Waals surface area contributed by atoms with E-state index in [1.165, 1.54) is 6.07 Å². The number of carboxylic acid groups (broad SMARTS) is 1. The lowest BCUT2D eigenvalue weighted by atomic mass is 10.4. The first-order valence-electron chi connectivity index (χ1n) is 5.38. The third kappa shape index (κ3) is 2.79. The number of carbonyl (C=O) groups is 1. The lowest BCUT2D eigenvalue weighted by molar-refractivity contribution is 0.0663. The van der Waals surface area contributed by atoms with Gasteiger partial charge in [-0.25, -0.2) is 9.78 Å². The second-order valence-electron chi connectivity index (χ2n) is 3.41. The molecule has 0 spiro atoms. The number of nitrogens with one attached hydrogen (secondary N) is 1. The molecule has 0 aliphatic rings. The van der Waals surface area contributed by atoms with Crippen LogP contribution < -0.4 is 10.1 Å². The predicted octanol–water partition coefficient (Wildman–Crippen LogP) is 2.52. The molecule has 0 saturated carbocycles. The highest BCUT2D eigenvalue weighted by Gasteiger charge is 2.08. The van der Waals surface area contributed by atoms with Gasteiger partial charge in [0.05, 0.1) is 18.5 Å². The molecule has 0 unspecified atom stereocenters. The van der Waals surface area contributed by atoms with Crippen molar-refractivity contribution in [2.45, 2.75) is 6.92 Å². The lowest BCUT2D eigenvalue weighted by Gasteiger charge is -2.04. The van der Waals surface area contributed by atoms with Gasteiger partial charge in [-0.05, 0) is 19.1 Å². The first-order chi connectivity index (χ1) is 8.69. The molecule has 0 aliphatic carbocycles. The van der Waals surface area contributed by atoms with Crippen molar-refractivity contribution in [3.63, 3.8) is 0 Å². The standard InChI is InChI=1S/C12H12N2O4/c1-2-17-10-5-3-8(7-13-10)14-11-6-4-9(18-11)12(15)16/h3-7,14H,2H2,1H3,(H,15,16). The molecular formula is C12H12N2O4. The summed E-state index contributed by atoms with van der Waals surface area (Å²) in [7, 11) is 0. The molecule has 2 aromatic heterocycles. The molecule has 0 fully saturated rings. The topological polar surface area (TPSA) is 84.6 Å². The Labute approximate surface area is 103 Å². The van der Waals surface area contributed by atoms with E-state index in [-0.39, 0.29) is 5.76 Å². The highest BCUT2D eigenvalue weighted by atomic mass is 16.5. The zero-order valence-corrected chi connectivity index (χ0v) is 9.71. The van der Waals surface area contributed by atoms with Crippen molar-refractivity contribution in [1.29, 1.82) is 0 Å². The van der Waals surface area contributed by atoms with Crippen LogP contribution in [-0.2, 0) is 0 Å². The molecule has 0 bridgehead atoms. The summed E-state index contributed by atoms with van der Waals surface area (Å²) in [6, 6.07) is 6.40. The fourth-order valence-electron chi connectivity index (χ4n) is 1.35. The number of nitrogens with zero attached hydrogens (tertiary/aromatic N) is 1. The van der Waals surface area contributed by atoms with Crippen molar-refractivity contribution >= 4 is 17.5 Å². The lowest BCUT2D eigenvalue weighted by Crippen LogP contribution is -1.95. The summed E-state index contributed by atoms with van der Waals surface area (Å²) >= 11 is 0. The smallest absolute Gasteiger partial charge is 0.371 e. The van der Waals surface area contributed by atoms with Crippen LogP contribution in [0.2, 0.25) is 0 Å². The zero-order chi connectivity index (χ0) is 13.0. The summed E-state index contributed by atoms with van der Waals surface area (Å²) in [6.45, 7) is 2.43. The number of rotatable bonds is 5. The van der Waals surface area contributed by atoms with Crippen LogP contribution in [-0.4, -0.2) is 22.7 Å². The summed E-state index contributed by atoms with van der Waals surface area (Å²) in [6.07, 6.45) is 1.58. The number of furan rings is 1. The Hall–Kier alpha value is -2.50. The Morgan fingerprint density at radius 3 is 2.83 bits per heavy atom. The van der Waals surface area contributed by atoms with E-state index in [4.69, 9.17) is 14.3 Å². The number of hydrogen-bond acceptors (Lipinski definition) is 5. The average Bonchev–Trinajstić information content (AvgIpc) is 2.81. The summed E-state index contributed by atoms with van der Waals surface area (Å²) in [5, 5.41) is 11.6. The minimum absolute atomic E-state index is 0.114. The molecule has 2 aromatic rings. The number of hydrogen-bond donors (Lipinski definition) is 2. The van der Waals surface area contributed by atoms with Crippen LogP contribution in [0.1, 0.15) is 17.5 Å². The predicted molar refractivity (Wildman–Crippen MR) is 64.4 cm³/mol. The second kappa shape index (κ2) is 5.22. The molecule has 0 amide bonds. The molecule has 6 heteroatoms. The van der Waals surface area contributed by atoms with Gasteiger partial charge >= 0.3 is 5.97 Å². The summed E-state index contributed by atoms with van der Waals surface area (Å²) < 4.78 is 10.3. The Bertz CT molecular complexity index is 533. The van der Waals surface area contributed by atoms with Crippen molar-refractivity contribution in [2.24, 2.45) is 0 Å². The molecule has 0 saturated heterocycles. The summed E-state index contributed by atoms with van der Waals surface area (Å²) in [5.74, 6) is -0.337. The van der Waals surface area contributed by atoms with Crippen molar-refractivity contribution in [3.8, 4) is 5.88 Å². The van der Waals surface area contributed by atoms with Crippen molar-refractivity contribution in [3.05, 3.63) is 36.2 Å². The van der Waals surface area contributed by atoms with Crippen molar-refractivity contribution < 1.29 is 19.1 Å². The molecular weight excluding hydrogens is 236 g/mol. The maximum absolute atomic E-state index is 10.6. The second-order valence-corrected chi connectivity index (χ2v) is 3.41. The van der Waals surface area contributed by atoms with E-state index in [9.17, 15) is 4.79 Å². The Balaban J connectivity index is 2.06. The Morgan fingerprint density at radius 2 is 2.28 bits per heavy atom. The van der Waals surface area contributed by atoms with Crippen molar-refractivity contribution in [2.75, 3.05) is 11.9 Å². The molecule has 18 heavy (non-hydrogen) atoms. The number of carboxylic acids is 1. The Morgan fingerprint density at radius 1 is 1.44 bits per heavy atom. The van der Waals surface area contributed by atoms with E-state index in [0.29, 0.717) is 24.1 Å². The van der Waals surface area contributed by atoms with Crippen LogP contribution in [0.25, 0.3) is 0 Å². The van der Waals surface area contributed by atoms with Gasteiger partial charge in [0.1, 0.15) is 0 Å². The van der Waals surface area contributed by atoms with Gasteiger partial charge in [-0.2, -0.15) is 0 Å². The fraction of sp³-hybridized carbons (Fsp3) is 0.167. The highest BCUT2D eigenvalue weighted by Crippen LogP contribution is 2.20. The summed E-state index contributed by atoms with van der Waals surface area (Å²) in [5.41, 5.74) is 0.685. The van der Waals surface area contributed by atoms with Crippen LogP contribution in [0, 0.1) is 0 Å². The molecule has 6 nitrogen and oxygen atoms in total. The molecule has 0 radical (unpaired) electrons. The molecule has 0 atom stereocenters. The third-order valence-corrected chi connectivity index (χ3v) is 2.11. The highest BCUT2D eigenvalue weighted by molar-refractivity contribution is 5.85. The average molecular weight is 248 g/mol. The van der Waals surface area contributed by atoms with E-state index < -0.39 is 5.97 Å². The number of aromatic carboxylic acids is 1.